The molecule has 0 bridgehead atoms. The summed E-state index contributed by atoms with van der Waals surface area (Å²) >= 11 is 3.18. The zero-order valence-corrected chi connectivity index (χ0v) is 32.6. The fourth-order valence-electron chi connectivity index (χ4n) is 5.93. The molecule has 0 saturated carbocycles. The third kappa shape index (κ3) is 7.37. The van der Waals surface area contributed by atoms with E-state index in [1.807, 2.05) is 115 Å². The third-order valence-electron chi connectivity index (χ3n) is 8.42. The minimum Gasteiger partial charge on any atom is -0.507 e. The molecule has 8 heteroatoms. The number of aromatic nitrogens is 2. The molecule has 0 unspecified atom stereocenters. The van der Waals surface area contributed by atoms with Crippen LogP contribution >= 0.6 is 22.7 Å². The summed E-state index contributed by atoms with van der Waals surface area (Å²) in [6.07, 6.45) is 0. The van der Waals surface area contributed by atoms with E-state index in [1.54, 1.807) is 34.8 Å². The first-order valence-electron chi connectivity index (χ1n) is 16.4. The van der Waals surface area contributed by atoms with E-state index in [4.69, 9.17) is 4.98 Å². The van der Waals surface area contributed by atoms with Crippen molar-refractivity contribution in [3.63, 3.8) is 0 Å². The van der Waals surface area contributed by atoms with Gasteiger partial charge in [-0.05, 0) is 90.0 Å². The van der Waals surface area contributed by atoms with Crippen LogP contribution in [0, 0.1) is 0 Å². The van der Waals surface area contributed by atoms with Crippen molar-refractivity contribution in [1.29, 1.82) is 0 Å². The summed E-state index contributed by atoms with van der Waals surface area (Å²) in [5.74, 6) is 0.493. The fraction of sp³-hybridized carbons (Fsp3) is 0. The molecule has 2 aromatic heterocycles. The van der Waals surface area contributed by atoms with Crippen LogP contribution in [-0.2, 0) is 19.5 Å². The molecule has 5 nitrogen and oxygen atoms in total. The predicted octanol–water partition coefficient (Wildman–Crippen LogP) is 12.5. The van der Waals surface area contributed by atoms with Crippen LogP contribution in [0.3, 0.4) is 0 Å². The van der Waals surface area contributed by atoms with Crippen molar-refractivity contribution in [3.8, 4) is 43.8 Å². The maximum atomic E-state index is 10.6. The van der Waals surface area contributed by atoms with E-state index >= 15 is 0 Å². The molecule has 9 aromatic rings. The van der Waals surface area contributed by atoms with Gasteiger partial charge in [0.05, 0.1) is 31.6 Å². The van der Waals surface area contributed by atoms with E-state index in [0.717, 1.165) is 69.8 Å². The largest absolute Gasteiger partial charge is 0.507 e. The van der Waals surface area contributed by atoms with Gasteiger partial charge in [0.1, 0.15) is 21.5 Å². The molecule has 0 saturated heterocycles. The number of thiazole rings is 2. The van der Waals surface area contributed by atoms with Gasteiger partial charge in [-0.1, -0.05) is 97.1 Å². The standard InChI is InChI=1S/C25H18N2OS.C19H13NOS.Zn/c28-23-16-15-20(17-21(23)25-26-22-13-7-8-14-24(22)29-25)27(18-9-3-1-4-10-18)19-11-5-2-6-12-19;21-17-11-10-14(13-6-2-1-3-7-13)12-15(17)19-20-16-8-4-5-9-18(16)22-19;/h1-17,28H;1-12,21H;. The summed E-state index contributed by atoms with van der Waals surface area (Å²) in [6, 6.07) is 58.0. The average Bonchev–Trinajstić information content (AvgIpc) is 3.82. The smallest absolute Gasteiger partial charge is 0.128 e. The van der Waals surface area contributed by atoms with Crippen LogP contribution in [0.15, 0.2) is 176 Å². The molecule has 0 aliphatic rings. The van der Waals surface area contributed by atoms with Crippen LogP contribution in [-0.4, -0.2) is 20.2 Å². The Morgan fingerprint density at radius 2 is 0.846 bits per heavy atom. The summed E-state index contributed by atoms with van der Waals surface area (Å²) in [7, 11) is 0. The molecular weight excluding hydrogens is 732 g/mol. The zero-order valence-electron chi connectivity index (χ0n) is 28.0. The summed E-state index contributed by atoms with van der Waals surface area (Å²) in [6.45, 7) is 0. The number of hydrogen-bond acceptors (Lipinski definition) is 7. The Kier molecular flexibility index (Phi) is 10.5. The van der Waals surface area contributed by atoms with Crippen LogP contribution in [0.25, 0.3) is 52.7 Å². The summed E-state index contributed by atoms with van der Waals surface area (Å²) < 4.78 is 2.23. The van der Waals surface area contributed by atoms with Crippen molar-refractivity contribution < 1.29 is 29.7 Å². The Hall–Kier alpha value is -5.66. The summed E-state index contributed by atoms with van der Waals surface area (Å²) in [5.41, 5.74) is 8.71. The number of anilines is 3. The Labute approximate surface area is 322 Å². The van der Waals surface area contributed by atoms with Gasteiger partial charge in [0.15, 0.2) is 0 Å². The van der Waals surface area contributed by atoms with E-state index < -0.39 is 0 Å². The molecule has 0 aliphatic carbocycles. The molecule has 2 heterocycles. The SMILES string of the molecule is Oc1ccc(-c2ccccc2)cc1-c1nc2ccccc2s1.Oc1ccc(N(c2ccccc2)c2ccccc2)cc1-c1nc2ccccc2s1.[Zn]. The number of aromatic hydroxyl groups is 2. The van der Waals surface area contributed by atoms with Crippen LogP contribution in [0.2, 0.25) is 0 Å². The zero-order chi connectivity index (χ0) is 34.6. The van der Waals surface area contributed by atoms with Crippen LogP contribution < -0.4 is 4.90 Å². The first kappa shape index (κ1) is 34.8. The average molecular weight is 763 g/mol. The number of para-hydroxylation sites is 4. The van der Waals surface area contributed by atoms with Gasteiger partial charge >= 0.3 is 0 Å². The molecule has 0 atom stereocenters. The molecule has 7 aromatic carbocycles. The molecule has 0 amide bonds. The maximum Gasteiger partial charge on any atom is 0.128 e. The molecule has 0 aliphatic heterocycles. The van der Waals surface area contributed by atoms with Gasteiger partial charge in [0, 0.05) is 36.5 Å². The predicted molar refractivity (Wildman–Crippen MR) is 214 cm³/mol. The van der Waals surface area contributed by atoms with Crippen molar-refractivity contribution in [1.82, 2.24) is 9.97 Å². The Morgan fingerprint density at radius 1 is 0.404 bits per heavy atom. The molecule has 0 radical (unpaired) electrons. The van der Waals surface area contributed by atoms with Gasteiger partial charge in [-0.15, -0.1) is 22.7 Å². The quantitative estimate of drug-likeness (QED) is 0.165. The van der Waals surface area contributed by atoms with Crippen molar-refractivity contribution >= 4 is 60.2 Å². The van der Waals surface area contributed by atoms with Gasteiger partial charge in [-0.3, -0.25) is 0 Å². The molecule has 2 N–H and O–H groups in total. The van der Waals surface area contributed by atoms with Crippen molar-refractivity contribution in [2.45, 2.75) is 0 Å². The molecule has 0 spiro atoms. The Morgan fingerprint density at radius 3 is 1.37 bits per heavy atom. The molecule has 9 rings (SSSR count). The summed E-state index contributed by atoms with van der Waals surface area (Å²) in [5, 5.41) is 22.5. The minimum absolute atomic E-state index is 0. The number of rotatable bonds is 6. The second kappa shape index (κ2) is 15.7. The summed E-state index contributed by atoms with van der Waals surface area (Å²) in [4.78, 5) is 11.5. The molecule has 52 heavy (non-hydrogen) atoms. The fourth-order valence-corrected chi connectivity index (χ4v) is 7.91. The molecule has 248 valence electrons. The number of hydrogen-bond donors (Lipinski definition) is 2. The molecule has 0 fully saturated rings. The van der Waals surface area contributed by atoms with E-state index in [0.29, 0.717) is 0 Å². The number of phenols is 2. The normalized spacial score (nSPS) is 10.7. The number of nitrogens with zero attached hydrogens (tertiary/aromatic N) is 3. The first-order chi connectivity index (χ1) is 25.1. The van der Waals surface area contributed by atoms with E-state index in [1.165, 1.54) is 0 Å². The second-order valence-electron chi connectivity index (χ2n) is 11.8. The number of benzene rings is 7. The van der Waals surface area contributed by atoms with Crippen molar-refractivity contribution in [2.75, 3.05) is 4.90 Å². The van der Waals surface area contributed by atoms with E-state index in [2.05, 4.69) is 58.4 Å². The van der Waals surface area contributed by atoms with Gasteiger partial charge < -0.3 is 15.1 Å². The number of fused-ring (bicyclic) bond motifs is 2. The monoisotopic (exact) mass is 761 g/mol. The first-order valence-corrected chi connectivity index (χ1v) is 18.1. The van der Waals surface area contributed by atoms with Gasteiger partial charge in [-0.2, -0.15) is 0 Å². The van der Waals surface area contributed by atoms with Gasteiger partial charge in [0.2, 0.25) is 0 Å². The van der Waals surface area contributed by atoms with Crippen molar-refractivity contribution in [3.05, 3.63) is 176 Å². The number of phenolic OH excluding ortho intramolecular Hbond substituents is 2. The Balaban J connectivity index is 0.000000164. The van der Waals surface area contributed by atoms with Gasteiger partial charge in [0.25, 0.3) is 0 Å². The maximum absolute atomic E-state index is 10.6. The van der Waals surface area contributed by atoms with Crippen LogP contribution in [0.4, 0.5) is 17.1 Å². The van der Waals surface area contributed by atoms with Crippen molar-refractivity contribution in [2.24, 2.45) is 0 Å². The van der Waals surface area contributed by atoms with Crippen LogP contribution in [0.1, 0.15) is 0 Å². The topological polar surface area (TPSA) is 69.5 Å². The minimum atomic E-state index is 0. The Bertz CT molecular complexity index is 2470. The van der Waals surface area contributed by atoms with E-state index in [9.17, 15) is 10.2 Å². The van der Waals surface area contributed by atoms with Gasteiger partial charge in [-0.25, -0.2) is 9.97 Å². The third-order valence-corrected chi connectivity index (χ3v) is 10.6. The van der Waals surface area contributed by atoms with Crippen LogP contribution in [0.5, 0.6) is 11.5 Å². The second-order valence-corrected chi connectivity index (χ2v) is 13.8. The molecular formula is C44H31N3O2S2Zn. The van der Waals surface area contributed by atoms with E-state index in [-0.39, 0.29) is 31.0 Å².